The number of hydrogen-bond acceptors (Lipinski definition) is 2. The van der Waals surface area contributed by atoms with Crippen LogP contribution in [-0.4, -0.2) is 24.7 Å². The van der Waals surface area contributed by atoms with Crippen LogP contribution in [0.2, 0.25) is 0 Å². The predicted octanol–water partition coefficient (Wildman–Crippen LogP) is 2.99. The molecule has 3 heteroatoms. The van der Waals surface area contributed by atoms with Crippen molar-refractivity contribution in [2.75, 3.05) is 18.5 Å². The fourth-order valence-electron chi connectivity index (χ4n) is 1.72. The van der Waals surface area contributed by atoms with E-state index in [2.05, 4.69) is 36.9 Å². The van der Waals surface area contributed by atoms with Crippen molar-refractivity contribution in [2.24, 2.45) is 0 Å². The lowest BCUT2D eigenvalue weighted by atomic mass is 10.1. The molecule has 0 unspecified atom stereocenters. The summed E-state index contributed by atoms with van der Waals surface area (Å²) in [5.41, 5.74) is 3.79. The molecule has 17 heavy (non-hydrogen) atoms. The number of hydrogen-bond donors (Lipinski definition) is 1. The quantitative estimate of drug-likeness (QED) is 0.771. The second kappa shape index (κ2) is 6.28. The molecule has 0 fully saturated rings. The Morgan fingerprint density at radius 1 is 1.24 bits per heavy atom. The highest BCUT2D eigenvalue weighted by molar-refractivity contribution is 5.66. The minimum Gasteiger partial charge on any atom is -0.481 e. The second-order valence-electron chi connectivity index (χ2n) is 4.54. The summed E-state index contributed by atoms with van der Waals surface area (Å²) in [6.07, 6.45) is 1.92. The molecular weight excluding hydrogens is 214 g/mol. The SMILES string of the molecule is Cc1ccc(N(C)CCCCC(=O)O)cc1C. The Hall–Kier alpha value is -1.51. The Balaban J connectivity index is 2.44. The largest absolute Gasteiger partial charge is 0.481 e. The molecule has 1 rings (SSSR count). The van der Waals surface area contributed by atoms with Crippen LogP contribution in [0.1, 0.15) is 30.4 Å². The van der Waals surface area contributed by atoms with E-state index in [0.29, 0.717) is 0 Å². The van der Waals surface area contributed by atoms with Gasteiger partial charge in [0.2, 0.25) is 0 Å². The van der Waals surface area contributed by atoms with Crippen molar-refractivity contribution in [3.05, 3.63) is 29.3 Å². The molecule has 0 aliphatic heterocycles. The fraction of sp³-hybridized carbons (Fsp3) is 0.500. The van der Waals surface area contributed by atoms with Gasteiger partial charge in [0.15, 0.2) is 0 Å². The summed E-state index contributed by atoms with van der Waals surface area (Å²) in [4.78, 5) is 12.6. The Morgan fingerprint density at radius 3 is 2.53 bits per heavy atom. The fourth-order valence-corrected chi connectivity index (χ4v) is 1.72. The zero-order chi connectivity index (χ0) is 12.8. The van der Waals surface area contributed by atoms with Crippen molar-refractivity contribution in [1.29, 1.82) is 0 Å². The van der Waals surface area contributed by atoms with Crippen molar-refractivity contribution < 1.29 is 9.90 Å². The van der Waals surface area contributed by atoms with Crippen LogP contribution in [0.5, 0.6) is 0 Å². The first-order chi connectivity index (χ1) is 8.00. The second-order valence-corrected chi connectivity index (χ2v) is 4.54. The lowest BCUT2D eigenvalue weighted by molar-refractivity contribution is -0.137. The Kier molecular flexibility index (Phi) is 5.01. The summed E-state index contributed by atoms with van der Waals surface area (Å²) in [5, 5.41) is 8.55. The number of unbranched alkanes of at least 4 members (excludes halogenated alkanes) is 1. The first kappa shape index (κ1) is 13.6. The third-order valence-corrected chi connectivity index (χ3v) is 3.07. The van der Waals surface area contributed by atoms with Gasteiger partial charge in [-0.15, -0.1) is 0 Å². The molecule has 0 heterocycles. The third kappa shape index (κ3) is 4.47. The van der Waals surface area contributed by atoms with Crippen LogP contribution in [0.3, 0.4) is 0 Å². The number of aryl methyl sites for hydroxylation is 2. The highest BCUT2D eigenvalue weighted by atomic mass is 16.4. The minimum atomic E-state index is -0.709. The van der Waals surface area contributed by atoms with Gasteiger partial charge >= 0.3 is 5.97 Å². The standard InChI is InChI=1S/C14H21NO2/c1-11-7-8-13(10-12(11)2)15(3)9-5-4-6-14(16)17/h7-8,10H,4-6,9H2,1-3H3,(H,16,17). The van der Waals surface area contributed by atoms with E-state index in [1.54, 1.807) is 0 Å². The number of aliphatic carboxylic acids is 1. The summed E-state index contributed by atoms with van der Waals surface area (Å²) in [5.74, 6) is -0.709. The number of benzene rings is 1. The van der Waals surface area contributed by atoms with Crippen molar-refractivity contribution in [2.45, 2.75) is 33.1 Å². The maximum absolute atomic E-state index is 10.4. The lowest BCUT2D eigenvalue weighted by Gasteiger charge is -2.20. The molecule has 0 bridgehead atoms. The monoisotopic (exact) mass is 235 g/mol. The van der Waals surface area contributed by atoms with Crippen molar-refractivity contribution in [3.8, 4) is 0 Å². The van der Waals surface area contributed by atoms with Gasteiger partial charge in [-0.05, 0) is 49.9 Å². The molecule has 0 radical (unpaired) electrons. The van der Waals surface area contributed by atoms with E-state index < -0.39 is 5.97 Å². The Bertz CT molecular complexity index is 388. The summed E-state index contributed by atoms with van der Waals surface area (Å²) >= 11 is 0. The smallest absolute Gasteiger partial charge is 0.303 e. The summed E-state index contributed by atoms with van der Waals surface area (Å²) in [7, 11) is 2.05. The van der Waals surface area contributed by atoms with Crippen molar-refractivity contribution in [1.82, 2.24) is 0 Å². The molecule has 1 N–H and O–H groups in total. The molecule has 0 aliphatic carbocycles. The van der Waals surface area contributed by atoms with Gasteiger partial charge in [0, 0.05) is 25.7 Å². The molecule has 0 saturated carbocycles. The predicted molar refractivity (Wildman–Crippen MR) is 70.7 cm³/mol. The molecule has 0 aromatic heterocycles. The first-order valence-electron chi connectivity index (χ1n) is 6.01. The van der Waals surface area contributed by atoms with Crippen LogP contribution >= 0.6 is 0 Å². The zero-order valence-corrected chi connectivity index (χ0v) is 10.9. The average molecular weight is 235 g/mol. The van der Waals surface area contributed by atoms with E-state index in [1.807, 2.05) is 7.05 Å². The van der Waals surface area contributed by atoms with Crippen LogP contribution in [0.15, 0.2) is 18.2 Å². The number of anilines is 1. The van der Waals surface area contributed by atoms with E-state index in [1.165, 1.54) is 16.8 Å². The maximum atomic E-state index is 10.4. The van der Waals surface area contributed by atoms with Gasteiger partial charge in [0.25, 0.3) is 0 Å². The van der Waals surface area contributed by atoms with E-state index in [0.717, 1.165) is 19.4 Å². The molecule has 0 saturated heterocycles. The van der Waals surface area contributed by atoms with E-state index in [-0.39, 0.29) is 6.42 Å². The Labute approximate surface area is 103 Å². The van der Waals surface area contributed by atoms with Gasteiger partial charge in [-0.2, -0.15) is 0 Å². The topological polar surface area (TPSA) is 40.5 Å². The molecular formula is C14H21NO2. The van der Waals surface area contributed by atoms with Crippen molar-refractivity contribution >= 4 is 11.7 Å². The summed E-state index contributed by atoms with van der Waals surface area (Å²) < 4.78 is 0. The molecule has 0 amide bonds. The molecule has 0 spiro atoms. The van der Waals surface area contributed by atoms with Gasteiger partial charge in [-0.3, -0.25) is 4.79 Å². The summed E-state index contributed by atoms with van der Waals surface area (Å²) in [6, 6.07) is 6.41. The third-order valence-electron chi connectivity index (χ3n) is 3.07. The summed E-state index contributed by atoms with van der Waals surface area (Å²) in [6.45, 7) is 5.11. The number of nitrogens with zero attached hydrogens (tertiary/aromatic N) is 1. The van der Waals surface area contributed by atoms with Crippen LogP contribution in [0.25, 0.3) is 0 Å². The highest BCUT2D eigenvalue weighted by Crippen LogP contribution is 2.18. The molecule has 1 aromatic carbocycles. The number of carboxylic acid groups (broad SMARTS) is 1. The number of carboxylic acids is 1. The molecule has 1 aromatic rings. The van der Waals surface area contributed by atoms with Gasteiger partial charge in [-0.1, -0.05) is 6.07 Å². The first-order valence-corrected chi connectivity index (χ1v) is 6.01. The van der Waals surface area contributed by atoms with Gasteiger partial charge in [0.05, 0.1) is 0 Å². The highest BCUT2D eigenvalue weighted by Gasteiger charge is 2.03. The van der Waals surface area contributed by atoms with Crippen LogP contribution in [0, 0.1) is 13.8 Å². The number of carbonyl (C=O) groups is 1. The van der Waals surface area contributed by atoms with Crippen LogP contribution in [-0.2, 0) is 4.79 Å². The molecule has 0 atom stereocenters. The Morgan fingerprint density at radius 2 is 1.94 bits per heavy atom. The zero-order valence-electron chi connectivity index (χ0n) is 10.9. The normalized spacial score (nSPS) is 10.3. The van der Waals surface area contributed by atoms with Gasteiger partial charge < -0.3 is 10.0 Å². The van der Waals surface area contributed by atoms with E-state index in [9.17, 15) is 4.79 Å². The van der Waals surface area contributed by atoms with Crippen molar-refractivity contribution in [3.63, 3.8) is 0 Å². The van der Waals surface area contributed by atoms with Gasteiger partial charge in [0.1, 0.15) is 0 Å². The minimum absolute atomic E-state index is 0.265. The average Bonchev–Trinajstić information content (AvgIpc) is 2.27. The van der Waals surface area contributed by atoms with E-state index >= 15 is 0 Å². The van der Waals surface area contributed by atoms with Gasteiger partial charge in [-0.25, -0.2) is 0 Å². The molecule has 94 valence electrons. The lowest BCUT2D eigenvalue weighted by Crippen LogP contribution is -2.18. The number of rotatable bonds is 6. The maximum Gasteiger partial charge on any atom is 0.303 e. The molecule has 0 aliphatic rings. The van der Waals surface area contributed by atoms with E-state index in [4.69, 9.17) is 5.11 Å². The van der Waals surface area contributed by atoms with Crippen LogP contribution in [0.4, 0.5) is 5.69 Å². The van der Waals surface area contributed by atoms with Crippen LogP contribution < -0.4 is 4.90 Å². The molecule has 3 nitrogen and oxygen atoms in total.